The summed E-state index contributed by atoms with van der Waals surface area (Å²) in [5.41, 5.74) is 1.81. The van der Waals surface area contributed by atoms with E-state index in [0.29, 0.717) is 15.6 Å². The highest BCUT2D eigenvalue weighted by Crippen LogP contribution is 2.27. The highest BCUT2D eigenvalue weighted by molar-refractivity contribution is 9.10. The Morgan fingerprint density at radius 3 is 2.67 bits per heavy atom. The third kappa shape index (κ3) is 3.96. The Morgan fingerprint density at radius 1 is 1.08 bits per heavy atom. The minimum atomic E-state index is -0.494. The number of esters is 1. The molecule has 0 saturated heterocycles. The van der Waals surface area contributed by atoms with Crippen molar-refractivity contribution >= 4 is 63.2 Å². The molecule has 0 spiro atoms. The fourth-order valence-electron chi connectivity index (χ4n) is 2.06. The summed E-state index contributed by atoms with van der Waals surface area (Å²) in [7, 11) is 0. The number of halogens is 3. The molecule has 0 unspecified atom stereocenters. The molecule has 120 valence electrons. The lowest BCUT2D eigenvalue weighted by atomic mass is 10.2. The zero-order chi connectivity index (χ0) is 17.1. The van der Waals surface area contributed by atoms with E-state index in [0.717, 1.165) is 10.0 Å². The molecule has 0 N–H and O–H groups in total. The van der Waals surface area contributed by atoms with Crippen molar-refractivity contribution in [1.29, 1.82) is 0 Å². The number of hydrogen-bond donors (Lipinski definition) is 0. The van der Waals surface area contributed by atoms with Crippen molar-refractivity contribution in [2.24, 2.45) is 4.99 Å². The van der Waals surface area contributed by atoms with E-state index >= 15 is 0 Å². The quantitative estimate of drug-likeness (QED) is 0.465. The minimum absolute atomic E-state index is 0.206. The van der Waals surface area contributed by atoms with Crippen LogP contribution in [0.25, 0.3) is 12.2 Å². The average Bonchev–Trinajstić information content (AvgIpc) is 2.89. The molecule has 6 heteroatoms. The molecule has 0 fully saturated rings. The van der Waals surface area contributed by atoms with E-state index in [1.165, 1.54) is 0 Å². The first-order valence-corrected chi connectivity index (χ1v) is 8.48. The van der Waals surface area contributed by atoms with Crippen LogP contribution in [0, 0.1) is 0 Å². The number of ether oxygens (including phenoxy) is 1. The number of carbonyl (C=O) groups is 1. The summed E-state index contributed by atoms with van der Waals surface area (Å²) in [6, 6.07) is 12.8. The number of rotatable bonds is 3. The lowest BCUT2D eigenvalue weighted by molar-refractivity contribution is -0.129. The molecule has 0 saturated carbocycles. The van der Waals surface area contributed by atoms with Gasteiger partial charge in [-0.15, -0.1) is 0 Å². The predicted molar refractivity (Wildman–Crippen MR) is 101 cm³/mol. The van der Waals surface area contributed by atoms with E-state index in [1.54, 1.807) is 36.4 Å². The first kappa shape index (κ1) is 17.0. The monoisotopic (exact) mass is 421 g/mol. The molecule has 3 nitrogen and oxygen atoms in total. The Labute approximate surface area is 157 Å². The highest BCUT2D eigenvalue weighted by atomic mass is 79.9. The number of hydrogen-bond acceptors (Lipinski definition) is 3. The van der Waals surface area contributed by atoms with Gasteiger partial charge in [0.1, 0.15) is 0 Å². The number of cyclic esters (lactones) is 1. The molecule has 1 aliphatic rings. The third-order valence-electron chi connectivity index (χ3n) is 3.18. The zero-order valence-corrected chi connectivity index (χ0v) is 15.3. The molecule has 0 bridgehead atoms. The van der Waals surface area contributed by atoms with Gasteiger partial charge >= 0.3 is 5.97 Å². The second-order valence-corrected chi connectivity index (χ2v) is 6.60. The van der Waals surface area contributed by atoms with Crippen LogP contribution in [-0.4, -0.2) is 11.9 Å². The number of aliphatic imine (C=N–C) groups is 1. The van der Waals surface area contributed by atoms with E-state index in [4.69, 9.17) is 27.9 Å². The second kappa shape index (κ2) is 7.34. The highest BCUT2D eigenvalue weighted by Gasteiger charge is 2.21. The Morgan fingerprint density at radius 2 is 1.88 bits per heavy atom. The van der Waals surface area contributed by atoms with Gasteiger partial charge in [-0.2, -0.15) is 0 Å². The van der Waals surface area contributed by atoms with E-state index in [2.05, 4.69) is 20.9 Å². The topological polar surface area (TPSA) is 38.7 Å². The van der Waals surface area contributed by atoms with Crippen LogP contribution in [0.5, 0.6) is 0 Å². The summed E-state index contributed by atoms with van der Waals surface area (Å²) in [4.78, 5) is 16.1. The van der Waals surface area contributed by atoms with Gasteiger partial charge in [-0.3, -0.25) is 0 Å². The Hall–Kier alpha value is -1.88. The van der Waals surface area contributed by atoms with Gasteiger partial charge < -0.3 is 4.74 Å². The maximum Gasteiger partial charge on any atom is 0.363 e. The van der Waals surface area contributed by atoms with Crippen LogP contribution in [0.4, 0.5) is 0 Å². The van der Waals surface area contributed by atoms with Gasteiger partial charge in [0.15, 0.2) is 5.70 Å². The van der Waals surface area contributed by atoms with Gasteiger partial charge in [-0.25, -0.2) is 9.79 Å². The molecule has 1 heterocycles. The van der Waals surface area contributed by atoms with Crippen molar-refractivity contribution in [2.45, 2.75) is 0 Å². The minimum Gasteiger partial charge on any atom is -0.403 e. The number of carbonyl (C=O) groups excluding carboxylic acids is 1. The smallest absolute Gasteiger partial charge is 0.363 e. The Kier molecular flexibility index (Phi) is 5.19. The van der Waals surface area contributed by atoms with E-state index in [1.807, 2.05) is 24.3 Å². The first-order valence-electron chi connectivity index (χ1n) is 6.93. The van der Waals surface area contributed by atoms with Crippen molar-refractivity contribution < 1.29 is 9.53 Å². The molecule has 1 aliphatic heterocycles. The van der Waals surface area contributed by atoms with Crippen LogP contribution in [0.15, 0.2) is 63.7 Å². The van der Waals surface area contributed by atoms with Gasteiger partial charge in [-0.1, -0.05) is 63.4 Å². The maximum absolute atomic E-state index is 11.9. The van der Waals surface area contributed by atoms with Crippen molar-refractivity contribution in [3.05, 3.63) is 79.9 Å². The Bertz CT molecular complexity index is 904. The fourth-order valence-corrected chi connectivity index (χ4v) is 2.85. The molecular formula is C18H10BrCl2NO2. The Balaban J connectivity index is 1.84. The molecule has 0 amide bonds. The summed E-state index contributed by atoms with van der Waals surface area (Å²) >= 11 is 15.5. The van der Waals surface area contributed by atoms with Crippen molar-refractivity contribution in [3.63, 3.8) is 0 Å². The van der Waals surface area contributed by atoms with Crippen LogP contribution in [-0.2, 0) is 9.53 Å². The molecule has 24 heavy (non-hydrogen) atoms. The summed E-state index contributed by atoms with van der Waals surface area (Å²) < 4.78 is 6.06. The summed E-state index contributed by atoms with van der Waals surface area (Å²) in [6.07, 6.45) is 4.94. The van der Waals surface area contributed by atoms with Gasteiger partial charge in [0.2, 0.25) is 5.90 Å². The second-order valence-electron chi connectivity index (χ2n) is 4.90. The van der Waals surface area contributed by atoms with Gasteiger partial charge in [-0.05, 0) is 41.5 Å². The van der Waals surface area contributed by atoms with Crippen molar-refractivity contribution in [1.82, 2.24) is 0 Å². The fraction of sp³-hybridized carbons (Fsp3) is 0. The molecule has 2 aromatic rings. The molecule has 0 aliphatic carbocycles. The summed E-state index contributed by atoms with van der Waals surface area (Å²) in [5, 5.41) is 0.893. The van der Waals surface area contributed by atoms with E-state index in [-0.39, 0.29) is 11.6 Å². The van der Waals surface area contributed by atoms with Gasteiger partial charge in [0.25, 0.3) is 0 Å². The standard InChI is InChI=1S/C18H10BrCl2NO2/c19-13-5-1-3-11(9-13)10-15-18(23)24-16(22-15)8-7-12-4-2-6-14(20)17(12)21/h1-10H. The molecule has 3 rings (SSSR count). The largest absolute Gasteiger partial charge is 0.403 e. The molecular weight excluding hydrogens is 413 g/mol. The van der Waals surface area contributed by atoms with Crippen molar-refractivity contribution in [3.8, 4) is 0 Å². The van der Waals surface area contributed by atoms with E-state index < -0.39 is 5.97 Å². The van der Waals surface area contributed by atoms with Crippen LogP contribution in [0.2, 0.25) is 10.0 Å². The summed E-state index contributed by atoms with van der Waals surface area (Å²) in [5.74, 6) is -0.288. The van der Waals surface area contributed by atoms with Crippen LogP contribution in [0.1, 0.15) is 11.1 Å². The predicted octanol–water partition coefficient (Wildman–Crippen LogP) is 5.77. The molecule has 0 aromatic heterocycles. The normalized spacial score (nSPS) is 15.9. The molecule has 0 atom stereocenters. The van der Waals surface area contributed by atoms with Gasteiger partial charge in [0, 0.05) is 10.5 Å². The lowest BCUT2D eigenvalue weighted by Crippen LogP contribution is -2.01. The first-order chi connectivity index (χ1) is 11.5. The third-order valence-corrected chi connectivity index (χ3v) is 4.50. The lowest BCUT2D eigenvalue weighted by Gasteiger charge is -1.99. The van der Waals surface area contributed by atoms with Gasteiger partial charge in [0.05, 0.1) is 10.0 Å². The summed E-state index contributed by atoms with van der Waals surface area (Å²) in [6.45, 7) is 0. The SMILES string of the molecule is O=C1OC(C=Cc2cccc(Cl)c2Cl)=NC1=Cc1cccc(Br)c1. The molecule has 2 aromatic carbocycles. The van der Waals surface area contributed by atoms with Crippen LogP contribution >= 0.6 is 39.1 Å². The zero-order valence-electron chi connectivity index (χ0n) is 12.2. The van der Waals surface area contributed by atoms with E-state index in [9.17, 15) is 4.79 Å². The van der Waals surface area contributed by atoms with Crippen LogP contribution < -0.4 is 0 Å². The van der Waals surface area contributed by atoms with Crippen LogP contribution in [0.3, 0.4) is 0 Å². The maximum atomic E-state index is 11.9. The average molecular weight is 423 g/mol. The van der Waals surface area contributed by atoms with Crippen molar-refractivity contribution in [2.75, 3.05) is 0 Å². The number of nitrogens with zero attached hydrogens (tertiary/aromatic N) is 1. The molecule has 0 radical (unpaired) electrons. The number of benzene rings is 2.